The Bertz CT molecular complexity index is 942. The highest BCUT2D eigenvalue weighted by molar-refractivity contribution is 7.92. The zero-order valence-corrected chi connectivity index (χ0v) is 21.1. The molecular weight excluding hydrogens is 446 g/mol. The molecule has 3 N–H and O–H groups in total. The van der Waals surface area contributed by atoms with Gasteiger partial charge in [-0.05, 0) is 61.6 Å². The van der Waals surface area contributed by atoms with E-state index in [1.165, 1.54) is 38.5 Å². The highest BCUT2D eigenvalue weighted by Crippen LogP contribution is 2.41. The summed E-state index contributed by atoms with van der Waals surface area (Å²) < 4.78 is 26.8. The minimum absolute atomic E-state index is 0.0525. The highest BCUT2D eigenvalue weighted by Gasteiger charge is 2.37. The summed E-state index contributed by atoms with van der Waals surface area (Å²) in [5, 5.41) is 9.71. The number of hydrogen-bond donors (Lipinski definition) is 3. The van der Waals surface area contributed by atoms with Crippen LogP contribution in [-0.2, 0) is 21.2 Å². The zero-order chi connectivity index (χ0) is 23.5. The molecule has 0 radical (unpaired) electrons. The van der Waals surface area contributed by atoms with Crippen LogP contribution >= 0.6 is 0 Å². The fourth-order valence-electron chi connectivity index (χ4n) is 7.02. The first-order chi connectivity index (χ1) is 16.5. The van der Waals surface area contributed by atoms with Gasteiger partial charge in [0, 0.05) is 31.2 Å². The number of nitrogens with one attached hydrogen (secondary N) is 3. The molecule has 7 heteroatoms. The van der Waals surface area contributed by atoms with Crippen LogP contribution < -0.4 is 16.0 Å². The minimum atomic E-state index is -3.31. The molecule has 1 saturated heterocycles. The molecule has 4 fully saturated rings. The summed E-state index contributed by atoms with van der Waals surface area (Å²) in [7, 11) is -3.31. The number of carbonyl (C=O) groups is 1. The molecule has 5 unspecified atom stereocenters. The van der Waals surface area contributed by atoms with Crippen molar-refractivity contribution in [3.8, 4) is 0 Å². The van der Waals surface area contributed by atoms with Crippen molar-refractivity contribution >= 4 is 15.7 Å². The van der Waals surface area contributed by atoms with Crippen LogP contribution in [0.5, 0.6) is 0 Å². The largest absolute Gasteiger partial charge is 0.352 e. The first kappa shape index (κ1) is 24.3. The molecule has 6 nitrogen and oxygen atoms in total. The van der Waals surface area contributed by atoms with Crippen LogP contribution in [0.2, 0.25) is 0 Å². The average molecular weight is 488 g/mol. The molecule has 4 aliphatic rings. The van der Waals surface area contributed by atoms with Gasteiger partial charge < -0.3 is 16.0 Å². The molecular formula is C27H41N3O3S. The van der Waals surface area contributed by atoms with Crippen LogP contribution in [0.25, 0.3) is 0 Å². The maximum atomic E-state index is 13.4. The number of carbonyl (C=O) groups excluding carboxylic acids is 1. The second kappa shape index (κ2) is 10.7. The molecule has 5 rings (SSSR count). The second-order valence-electron chi connectivity index (χ2n) is 11.2. The average Bonchev–Trinajstić information content (AvgIpc) is 3.36. The molecule has 1 amide bonds. The van der Waals surface area contributed by atoms with E-state index in [9.17, 15) is 13.2 Å². The second-order valence-corrected chi connectivity index (χ2v) is 13.4. The van der Waals surface area contributed by atoms with Crippen LogP contribution in [-0.4, -0.2) is 38.3 Å². The Morgan fingerprint density at radius 3 is 2.35 bits per heavy atom. The van der Waals surface area contributed by atoms with Gasteiger partial charge in [-0.15, -0.1) is 0 Å². The van der Waals surface area contributed by atoms with E-state index >= 15 is 0 Å². The molecule has 5 atom stereocenters. The summed E-state index contributed by atoms with van der Waals surface area (Å²) in [6, 6.07) is 8.13. The molecule has 3 aliphatic carbocycles. The fraction of sp³-hybridized carbons (Fsp3) is 0.741. The van der Waals surface area contributed by atoms with Gasteiger partial charge in [0.15, 0.2) is 9.84 Å². The number of hydrogen-bond acceptors (Lipinski definition) is 5. The van der Waals surface area contributed by atoms with E-state index in [4.69, 9.17) is 0 Å². The summed E-state index contributed by atoms with van der Waals surface area (Å²) in [6.45, 7) is 1.28. The van der Waals surface area contributed by atoms with Crippen molar-refractivity contribution in [2.24, 2.45) is 17.8 Å². The maximum absolute atomic E-state index is 13.4. The summed E-state index contributed by atoms with van der Waals surface area (Å²) in [4.78, 5) is 13.1. The third-order valence-electron chi connectivity index (χ3n) is 9.09. The van der Waals surface area contributed by atoms with E-state index in [1.54, 1.807) is 12.1 Å². The predicted molar refractivity (Wildman–Crippen MR) is 134 cm³/mol. The number of benzene rings is 1. The molecule has 1 heterocycles. The summed E-state index contributed by atoms with van der Waals surface area (Å²) in [6.07, 6.45) is 13.2. The molecule has 1 aliphatic heterocycles. The lowest BCUT2D eigenvalue weighted by Crippen LogP contribution is -2.44. The Hall–Kier alpha value is -1.44. The molecule has 0 aromatic heterocycles. The van der Waals surface area contributed by atoms with Crippen molar-refractivity contribution < 1.29 is 13.2 Å². The lowest BCUT2D eigenvalue weighted by Gasteiger charge is -2.36. The van der Waals surface area contributed by atoms with Crippen molar-refractivity contribution in [3.05, 3.63) is 29.8 Å². The molecule has 3 saturated carbocycles. The van der Waals surface area contributed by atoms with E-state index in [2.05, 4.69) is 16.0 Å². The molecule has 1 aromatic carbocycles. The third kappa shape index (κ3) is 5.36. The Kier molecular flexibility index (Phi) is 7.61. The van der Waals surface area contributed by atoms with Crippen molar-refractivity contribution in [2.45, 2.75) is 106 Å². The Labute approximate surface area is 205 Å². The molecule has 34 heavy (non-hydrogen) atoms. The van der Waals surface area contributed by atoms with E-state index in [1.807, 2.05) is 12.1 Å². The zero-order valence-electron chi connectivity index (χ0n) is 20.3. The van der Waals surface area contributed by atoms with Gasteiger partial charge in [-0.3, -0.25) is 4.79 Å². The highest BCUT2D eigenvalue weighted by atomic mass is 32.2. The first-order valence-corrected chi connectivity index (χ1v) is 15.1. The van der Waals surface area contributed by atoms with E-state index in [0.717, 1.165) is 56.7 Å². The summed E-state index contributed by atoms with van der Waals surface area (Å²) in [5.41, 5.74) is 0.949. The van der Waals surface area contributed by atoms with Gasteiger partial charge >= 0.3 is 0 Å². The number of fused-ring (bicyclic) bond motifs is 1. The van der Waals surface area contributed by atoms with E-state index in [0.29, 0.717) is 29.4 Å². The van der Waals surface area contributed by atoms with Gasteiger partial charge in [-0.2, -0.15) is 0 Å². The van der Waals surface area contributed by atoms with Gasteiger partial charge in [-0.25, -0.2) is 8.42 Å². The standard InChI is InChI=1S/C27H41N3O3S/c31-27(22-11-14-25-26(16-22)30-18-29-25)28-17-19-9-12-23(13-10-19)34(32,33)24-8-4-7-21(15-24)20-5-2-1-3-6-20/h9-10,12-13,20-22,24-26,29-30H,1-8,11,14-18H2,(H,28,31). The first-order valence-electron chi connectivity index (χ1n) is 13.6. The number of amides is 1. The van der Waals surface area contributed by atoms with Crippen LogP contribution in [0.4, 0.5) is 0 Å². The van der Waals surface area contributed by atoms with Crippen LogP contribution in [0.15, 0.2) is 29.2 Å². The molecule has 188 valence electrons. The van der Waals surface area contributed by atoms with Gasteiger partial charge in [0.25, 0.3) is 0 Å². The lowest BCUT2D eigenvalue weighted by molar-refractivity contribution is -0.126. The molecule has 0 bridgehead atoms. The topological polar surface area (TPSA) is 87.3 Å². The fourth-order valence-corrected chi connectivity index (χ4v) is 8.90. The van der Waals surface area contributed by atoms with Gasteiger partial charge in [0.05, 0.1) is 10.1 Å². The number of sulfone groups is 1. The quantitative estimate of drug-likeness (QED) is 0.566. The molecule has 0 spiro atoms. The number of rotatable bonds is 6. The normalized spacial score (nSPS) is 32.8. The predicted octanol–water partition coefficient (Wildman–Crippen LogP) is 3.90. The van der Waals surface area contributed by atoms with Crippen LogP contribution in [0.1, 0.15) is 82.6 Å². The smallest absolute Gasteiger partial charge is 0.223 e. The van der Waals surface area contributed by atoms with Gasteiger partial charge in [0.1, 0.15) is 0 Å². The minimum Gasteiger partial charge on any atom is -0.352 e. The van der Waals surface area contributed by atoms with Crippen molar-refractivity contribution in [1.29, 1.82) is 0 Å². The Morgan fingerprint density at radius 1 is 0.824 bits per heavy atom. The van der Waals surface area contributed by atoms with Crippen molar-refractivity contribution in [1.82, 2.24) is 16.0 Å². The van der Waals surface area contributed by atoms with Crippen LogP contribution in [0.3, 0.4) is 0 Å². The summed E-state index contributed by atoms with van der Waals surface area (Å²) >= 11 is 0. The van der Waals surface area contributed by atoms with Crippen LogP contribution in [0, 0.1) is 17.8 Å². The van der Waals surface area contributed by atoms with Crippen molar-refractivity contribution in [3.63, 3.8) is 0 Å². The van der Waals surface area contributed by atoms with Gasteiger partial charge in [0.2, 0.25) is 5.91 Å². The SMILES string of the molecule is O=C(NCc1ccc(S(=O)(=O)C2CCCC(C3CCCCC3)C2)cc1)C1CCC2NCNC2C1. The Morgan fingerprint density at radius 2 is 1.56 bits per heavy atom. The van der Waals surface area contributed by atoms with Crippen molar-refractivity contribution in [2.75, 3.05) is 6.67 Å². The lowest BCUT2D eigenvalue weighted by atomic mass is 9.73. The molecule has 1 aromatic rings. The monoisotopic (exact) mass is 487 g/mol. The third-order valence-corrected chi connectivity index (χ3v) is 11.3. The Balaban J connectivity index is 1.15. The van der Waals surface area contributed by atoms with Gasteiger partial charge in [-0.1, -0.05) is 57.1 Å². The van der Waals surface area contributed by atoms with E-state index < -0.39 is 9.84 Å². The van der Waals surface area contributed by atoms with E-state index in [-0.39, 0.29) is 17.1 Å². The summed E-state index contributed by atoms with van der Waals surface area (Å²) in [5.74, 6) is 1.47. The maximum Gasteiger partial charge on any atom is 0.223 e.